The number of carbonyl (C=O) groups is 2. The molecule has 0 saturated carbocycles. The fourth-order valence-electron chi connectivity index (χ4n) is 2.01. The van der Waals surface area contributed by atoms with Gasteiger partial charge < -0.3 is 13.6 Å². The van der Waals surface area contributed by atoms with Gasteiger partial charge in [0.25, 0.3) is 0 Å². The van der Waals surface area contributed by atoms with E-state index in [0.29, 0.717) is 6.61 Å². The number of hydrogen-bond acceptors (Lipinski definition) is 5. The molecule has 0 aromatic carbocycles. The van der Waals surface area contributed by atoms with Crippen LogP contribution in [0.15, 0.2) is 12.2 Å². The molecule has 0 aliphatic heterocycles. The van der Waals surface area contributed by atoms with Gasteiger partial charge in [-0.25, -0.2) is 9.59 Å². The Hall–Kier alpha value is -0.926. The van der Waals surface area contributed by atoms with Crippen LogP contribution in [0.5, 0.6) is 0 Å². The highest BCUT2D eigenvalue weighted by Crippen LogP contribution is 2.19. The van der Waals surface area contributed by atoms with Gasteiger partial charge in [-0.1, -0.05) is 0 Å². The molecule has 0 unspecified atom stereocenters. The van der Waals surface area contributed by atoms with Gasteiger partial charge in [-0.3, -0.25) is 0 Å². The van der Waals surface area contributed by atoms with Gasteiger partial charge in [0, 0.05) is 12.2 Å². The Labute approximate surface area is 136 Å². The van der Waals surface area contributed by atoms with Gasteiger partial charge in [0.2, 0.25) is 0 Å². The van der Waals surface area contributed by atoms with E-state index in [4.69, 9.17) is 13.6 Å². The summed E-state index contributed by atoms with van der Waals surface area (Å²) in [7, 11) is -3.21. The van der Waals surface area contributed by atoms with Crippen molar-refractivity contribution >= 4 is 28.6 Å². The molecule has 22 heavy (non-hydrogen) atoms. The number of rotatable bonds is 9. The molecular weight excluding hydrogens is 316 g/mol. The Bertz CT molecular complexity index is 397. The van der Waals surface area contributed by atoms with E-state index < -0.39 is 28.6 Å². The first-order valence-electron chi connectivity index (χ1n) is 7.67. The predicted octanol–water partition coefficient (Wildman–Crippen LogP) is 3.48. The van der Waals surface area contributed by atoms with E-state index in [-0.39, 0.29) is 6.10 Å². The summed E-state index contributed by atoms with van der Waals surface area (Å²) in [6.45, 7) is 14.8. The van der Waals surface area contributed by atoms with Crippen molar-refractivity contribution in [3.8, 4) is 0 Å². The second kappa shape index (κ2) is 9.27. The molecule has 0 fully saturated rings. The summed E-state index contributed by atoms with van der Waals surface area (Å²) in [5, 5.41) is 0. The zero-order chi connectivity index (χ0) is 17.4. The van der Waals surface area contributed by atoms with Gasteiger partial charge in [-0.05, 0) is 59.0 Å². The molecule has 0 spiro atoms. The number of esters is 2. The van der Waals surface area contributed by atoms with Crippen molar-refractivity contribution in [1.29, 1.82) is 0 Å². The maximum absolute atomic E-state index is 11.5. The highest BCUT2D eigenvalue weighted by molar-refractivity contribution is 6.84. The van der Waals surface area contributed by atoms with E-state index in [0.717, 1.165) is 24.6 Å². The predicted molar refractivity (Wildman–Crippen MR) is 92.7 cm³/mol. The monoisotopic (exact) mass is 346 g/mol. The molecule has 0 radical (unpaired) electrons. The second-order valence-corrected chi connectivity index (χ2v) is 16.1. The average Bonchev–Trinajstić information content (AvgIpc) is 2.28. The second-order valence-electron chi connectivity index (χ2n) is 7.06. The molecule has 0 aliphatic carbocycles. The van der Waals surface area contributed by atoms with Gasteiger partial charge in [0.05, 0.1) is 12.7 Å². The Kier molecular flexibility index (Phi) is 8.88. The van der Waals surface area contributed by atoms with Crippen molar-refractivity contribution in [1.82, 2.24) is 0 Å². The summed E-state index contributed by atoms with van der Waals surface area (Å²) in [5.41, 5.74) is 0. The summed E-state index contributed by atoms with van der Waals surface area (Å²) in [4.78, 5) is 22.7. The minimum absolute atomic E-state index is 0.202. The maximum atomic E-state index is 11.5. The maximum Gasteiger partial charge on any atom is 0.331 e. The third-order valence-corrected chi connectivity index (χ3v) is 8.67. The van der Waals surface area contributed by atoms with Crippen LogP contribution < -0.4 is 0 Å². The number of hydrogen-bond donors (Lipinski definition) is 0. The number of carbonyl (C=O) groups excluding carboxylic acids is 2. The minimum atomic E-state index is -1.69. The van der Waals surface area contributed by atoms with Gasteiger partial charge in [0.1, 0.15) is 0 Å². The van der Waals surface area contributed by atoms with Crippen molar-refractivity contribution < 1.29 is 23.2 Å². The normalized spacial score (nSPS) is 12.7. The Morgan fingerprint density at radius 2 is 1.55 bits per heavy atom. The lowest BCUT2D eigenvalue weighted by atomic mass is 10.4. The van der Waals surface area contributed by atoms with Gasteiger partial charge in [-0.2, -0.15) is 0 Å². The van der Waals surface area contributed by atoms with Crippen LogP contribution in [0.1, 0.15) is 20.3 Å². The van der Waals surface area contributed by atoms with Crippen LogP contribution in [0.4, 0.5) is 0 Å². The molecule has 5 nitrogen and oxygen atoms in total. The van der Waals surface area contributed by atoms with Crippen molar-refractivity contribution in [3.05, 3.63) is 12.2 Å². The lowest BCUT2D eigenvalue weighted by Crippen LogP contribution is -2.42. The molecule has 0 atom stereocenters. The van der Waals surface area contributed by atoms with Crippen LogP contribution >= 0.6 is 0 Å². The summed E-state index contributed by atoms with van der Waals surface area (Å²) in [5.74, 6) is -1.06. The third kappa shape index (κ3) is 12.8. The molecule has 0 aromatic heterocycles. The van der Waals surface area contributed by atoms with E-state index in [1.54, 1.807) is 13.8 Å². The van der Waals surface area contributed by atoms with Crippen molar-refractivity contribution in [2.45, 2.75) is 65.2 Å². The van der Waals surface area contributed by atoms with Gasteiger partial charge in [0.15, 0.2) is 16.6 Å². The molecular formula is C15H30O5Si2. The standard InChI is InChI=1S/C15H30O5Si2/c1-13(2)19-15(17)10-9-14(16)18-11-8-12-22(6,7)20-21(3,4)5/h9-10,13H,8,11-12H2,1-7H3. The van der Waals surface area contributed by atoms with Crippen molar-refractivity contribution in [2.24, 2.45) is 0 Å². The largest absolute Gasteiger partial charge is 0.463 e. The summed E-state index contributed by atoms with van der Waals surface area (Å²) in [6, 6.07) is 0.948. The van der Waals surface area contributed by atoms with Crippen LogP contribution in [-0.2, 0) is 23.2 Å². The zero-order valence-electron chi connectivity index (χ0n) is 14.9. The first-order valence-corrected chi connectivity index (χ1v) is 14.2. The third-order valence-electron chi connectivity index (χ3n) is 2.46. The molecule has 0 amide bonds. The van der Waals surface area contributed by atoms with Crippen LogP contribution in [0, 0.1) is 0 Å². The smallest absolute Gasteiger partial charge is 0.331 e. The van der Waals surface area contributed by atoms with Crippen LogP contribution in [0.2, 0.25) is 38.8 Å². The molecule has 0 bridgehead atoms. The summed E-state index contributed by atoms with van der Waals surface area (Å²) in [6.07, 6.45) is 2.77. The molecule has 0 saturated heterocycles. The van der Waals surface area contributed by atoms with Crippen molar-refractivity contribution in [3.63, 3.8) is 0 Å². The topological polar surface area (TPSA) is 61.8 Å². The SMILES string of the molecule is CC(C)OC(=O)C=CC(=O)OCCC[Si](C)(C)O[Si](C)(C)C. The van der Waals surface area contributed by atoms with E-state index in [1.807, 2.05) is 0 Å². The van der Waals surface area contributed by atoms with Crippen LogP contribution in [0.3, 0.4) is 0 Å². The summed E-state index contributed by atoms with van der Waals surface area (Å²) < 4.78 is 16.2. The lowest BCUT2D eigenvalue weighted by molar-refractivity contribution is -0.142. The van der Waals surface area contributed by atoms with Gasteiger partial charge >= 0.3 is 11.9 Å². The van der Waals surface area contributed by atoms with E-state index >= 15 is 0 Å². The van der Waals surface area contributed by atoms with Crippen LogP contribution in [-0.4, -0.2) is 41.3 Å². The minimum Gasteiger partial charge on any atom is -0.463 e. The lowest BCUT2D eigenvalue weighted by Gasteiger charge is -2.31. The Morgan fingerprint density at radius 3 is 2.05 bits per heavy atom. The van der Waals surface area contributed by atoms with Crippen molar-refractivity contribution in [2.75, 3.05) is 6.61 Å². The molecule has 7 heteroatoms. The fraction of sp³-hybridized carbons (Fsp3) is 0.733. The first-order chi connectivity index (χ1) is 9.91. The molecule has 128 valence electrons. The molecule has 0 aliphatic rings. The zero-order valence-corrected chi connectivity index (χ0v) is 16.9. The Balaban J connectivity index is 3.99. The quantitative estimate of drug-likeness (QED) is 0.277. The van der Waals surface area contributed by atoms with Crippen LogP contribution in [0.25, 0.3) is 0 Å². The Morgan fingerprint density at radius 1 is 1.00 bits per heavy atom. The number of ether oxygens (including phenoxy) is 2. The summed E-state index contributed by atoms with van der Waals surface area (Å²) >= 11 is 0. The average molecular weight is 347 g/mol. The highest BCUT2D eigenvalue weighted by atomic mass is 28.4. The molecule has 0 rings (SSSR count). The van der Waals surface area contributed by atoms with E-state index in [9.17, 15) is 9.59 Å². The molecule has 0 heterocycles. The highest BCUT2D eigenvalue weighted by Gasteiger charge is 2.28. The molecule has 0 aromatic rings. The first kappa shape index (κ1) is 21.1. The molecule has 0 N–H and O–H groups in total. The van der Waals surface area contributed by atoms with E-state index in [2.05, 4.69) is 32.7 Å². The van der Waals surface area contributed by atoms with Gasteiger partial charge in [-0.15, -0.1) is 0 Å². The van der Waals surface area contributed by atoms with E-state index in [1.165, 1.54) is 0 Å². The fourth-order valence-corrected chi connectivity index (χ4v) is 10.0.